The topological polar surface area (TPSA) is 32.7 Å². The summed E-state index contributed by atoms with van der Waals surface area (Å²) >= 11 is 2.06. The van der Waals surface area contributed by atoms with Gasteiger partial charge in [0.25, 0.3) is 0 Å². The lowest BCUT2D eigenvalue weighted by atomic mass is 9.81. The fourth-order valence-electron chi connectivity index (χ4n) is 3.60. The van der Waals surface area contributed by atoms with Gasteiger partial charge in [-0.3, -0.25) is 4.90 Å². The Balaban J connectivity index is 1.58. The molecule has 0 aliphatic carbocycles. The normalized spacial score (nSPS) is 35.3. The standard InChI is InChI=1S/C14H25NO2S/c1-2-13(16)10-15(11-13)12-3-6-17-14(9-12)4-7-18-8-5-14/h12,16H,2-11H2,1H3. The van der Waals surface area contributed by atoms with Crippen molar-refractivity contribution in [2.45, 2.75) is 56.3 Å². The molecule has 104 valence electrons. The zero-order chi connectivity index (χ0) is 12.6. The molecule has 1 atom stereocenters. The number of likely N-dealkylation sites (tertiary alicyclic amines) is 1. The number of hydrogen-bond acceptors (Lipinski definition) is 4. The SMILES string of the molecule is CCC1(O)CN(C2CCOC3(CCSCC3)C2)C1. The summed E-state index contributed by atoms with van der Waals surface area (Å²) < 4.78 is 6.13. The smallest absolute Gasteiger partial charge is 0.0897 e. The Morgan fingerprint density at radius 2 is 2.06 bits per heavy atom. The van der Waals surface area contributed by atoms with Crippen LogP contribution in [-0.2, 0) is 4.74 Å². The highest BCUT2D eigenvalue weighted by molar-refractivity contribution is 7.99. The van der Waals surface area contributed by atoms with Crippen molar-refractivity contribution in [1.82, 2.24) is 4.90 Å². The molecule has 3 nitrogen and oxygen atoms in total. The van der Waals surface area contributed by atoms with Crippen molar-refractivity contribution in [3.05, 3.63) is 0 Å². The van der Waals surface area contributed by atoms with Gasteiger partial charge in [0.1, 0.15) is 0 Å². The fourth-order valence-corrected chi connectivity index (χ4v) is 4.83. The second kappa shape index (κ2) is 4.97. The van der Waals surface area contributed by atoms with Crippen LogP contribution in [-0.4, -0.2) is 58.5 Å². The number of aliphatic hydroxyl groups is 1. The maximum atomic E-state index is 10.1. The predicted molar refractivity (Wildman–Crippen MR) is 75.1 cm³/mol. The molecule has 4 heteroatoms. The highest BCUT2D eigenvalue weighted by Gasteiger charge is 2.47. The van der Waals surface area contributed by atoms with Gasteiger partial charge in [-0.15, -0.1) is 0 Å². The minimum Gasteiger partial charge on any atom is -0.387 e. The third kappa shape index (κ3) is 2.45. The van der Waals surface area contributed by atoms with E-state index in [0.717, 1.165) is 32.5 Å². The molecule has 3 fully saturated rings. The van der Waals surface area contributed by atoms with E-state index in [4.69, 9.17) is 4.74 Å². The molecule has 0 aromatic rings. The summed E-state index contributed by atoms with van der Waals surface area (Å²) in [6, 6.07) is 0.647. The Hall–Kier alpha value is 0.230. The largest absolute Gasteiger partial charge is 0.387 e. The van der Waals surface area contributed by atoms with Crippen molar-refractivity contribution in [2.75, 3.05) is 31.2 Å². The molecule has 0 aromatic heterocycles. The maximum absolute atomic E-state index is 10.1. The van der Waals surface area contributed by atoms with Crippen LogP contribution in [0.4, 0.5) is 0 Å². The molecule has 3 aliphatic heterocycles. The van der Waals surface area contributed by atoms with E-state index in [0.29, 0.717) is 6.04 Å². The molecule has 0 radical (unpaired) electrons. The van der Waals surface area contributed by atoms with E-state index in [9.17, 15) is 5.11 Å². The van der Waals surface area contributed by atoms with Crippen LogP contribution in [0.2, 0.25) is 0 Å². The molecule has 1 N–H and O–H groups in total. The van der Waals surface area contributed by atoms with Gasteiger partial charge in [-0.2, -0.15) is 11.8 Å². The molecular formula is C14H25NO2S. The van der Waals surface area contributed by atoms with E-state index in [-0.39, 0.29) is 5.60 Å². The van der Waals surface area contributed by atoms with Gasteiger partial charge >= 0.3 is 0 Å². The van der Waals surface area contributed by atoms with Crippen molar-refractivity contribution >= 4 is 11.8 Å². The van der Waals surface area contributed by atoms with Gasteiger partial charge in [0.05, 0.1) is 11.2 Å². The third-order valence-electron chi connectivity index (χ3n) is 5.04. The van der Waals surface area contributed by atoms with Crippen LogP contribution in [0.1, 0.15) is 39.0 Å². The lowest BCUT2D eigenvalue weighted by molar-refractivity contribution is -0.162. The van der Waals surface area contributed by atoms with E-state index < -0.39 is 5.60 Å². The van der Waals surface area contributed by atoms with Crippen molar-refractivity contribution in [3.8, 4) is 0 Å². The maximum Gasteiger partial charge on any atom is 0.0897 e. The highest BCUT2D eigenvalue weighted by atomic mass is 32.2. The lowest BCUT2D eigenvalue weighted by Crippen LogP contribution is -2.66. The first-order valence-corrected chi connectivity index (χ1v) is 8.48. The van der Waals surface area contributed by atoms with Crippen LogP contribution in [0.25, 0.3) is 0 Å². The van der Waals surface area contributed by atoms with Crippen LogP contribution < -0.4 is 0 Å². The molecule has 3 aliphatic rings. The Kier molecular flexibility index (Phi) is 3.65. The summed E-state index contributed by atoms with van der Waals surface area (Å²) in [6.07, 6.45) is 5.66. The van der Waals surface area contributed by atoms with Gasteiger partial charge in [-0.1, -0.05) is 6.92 Å². The summed E-state index contributed by atoms with van der Waals surface area (Å²) in [7, 11) is 0. The molecular weight excluding hydrogens is 246 g/mol. The van der Waals surface area contributed by atoms with Crippen molar-refractivity contribution in [1.29, 1.82) is 0 Å². The quantitative estimate of drug-likeness (QED) is 0.831. The first kappa shape index (κ1) is 13.2. The van der Waals surface area contributed by atoms with Gasteiger partial charge in [-0.25, -0.2) is 0 Å². The molecule has 0 bridgehead atoms. The van der Waals surface area contributed by atoms with E-state index >= 15 is 0 Å². The minimum absolute atomic E-state index is 0.175. The summed E-state index contributed by atoms with van der Waals surface area (Å²) in [6.45, 7) is 4.75. The average molecular weight is 271 g/mol. The number of ether oxygens (including phenoxy) is 1. The third-order valence-corrected chi connectivity index (χ3v) is 6.03. The number of rotatable bonds is 2. The molecule has 1 spiro atoms. The number of hydrogen-bond donors (Lipinski definition) is 1. The van der Waals surface area contributed by atoms with Crippen molar-refractivity contribution in [2.24, 2.45) is 0 Å². The Morgan fingerprint density at radius 1 is 1.33 bits per heavy atom. The first-order valence-electron chi connectivity index (χ1n) is 7.33. The van der Waals surface area contributed by atoms with Crippen LogP contribution >= 0.6 is 11.8 Å². The second-order valence-electron chi connectivity index (χ2n) is 6.27. The van der Waals surface area contributed by atoms with E-state index in [2.05, 4.69) is 23.6 Å². The Morgan fingerprint density at radius 3 is 2.72 bits per heavy atom. The van der Waals surface area contributed by atoms with Crippen LogP contribution in [0, 0.1) is 0 Å². The predicted octanol–water partition coefficient (Wildman–Crippen LogP) is 1.89. The van der Waals surface area contributed by atoms with E-state index in [1.165, 1.54) is 30.8 Å². The first-order chi connectivity index (χ1) is 8.65. The monoisotopic (exact) mass is 271 g/mol. The van der Waals surface area contributed by atoms with E-state index in [1.54, 1.807) is 0 Å². The molecule has 3 saturated heterocycles. The van der Waals surface area contributed by atoms with Gasteiger partial charge < -0.3 is 9.84 Å². The van der Waals surface area contributed by atoms with Gasteiger partial charge in [-0.05, 0) is 43.6 Å². The minimum atomic E-state index is -0.395. The Labute approximate surface area is 114 Å². The van der Waals surface area contributed by atoms with Crippen molar-refractivity contribution < 1.29 is 9.84 Å². The fraction of sp³-hybridized carbons (Fsp3) is 1.00. The van der Waals surface area contributed by atoms with E-state index in [1.807, 2.05) is 0 Å². The summed E-state index contributed by atoms with van der Waals surface area (Å²) in [4.78, 5) is 2.48. The molecule has 0 amide bonds. The van der Waals surface area contributed by atoms with Crippen LogP contribution in [0.15, 0.2) is 0 Å². The highest BCUT2D eigenvalue weighted by Crippen LogP contribution is 2.40. The lowest BCUT2D eigenvalue weighted by Gasteiger charge is -2.54. The molecule has 3 heterocycles. The van der Waals surface area contributed by atoms with Crippen LogP contribution in [0.3, 0.4) is 0 Å². The molecule has 3 rings (SSSR count). The van der Waals surface area contributed by atoms with Gasteiger partial charge in [0, 0.05) is 25.7 Å². The zero-order valence-electron chi connectivity index (χ0n) is 11.4. The molecule has 0 saturated carbocycles. The summed E-state index contributed by atoms with van der Waals surface area (Å²) in [5, 5.41) is 10.1. The Bertz CT molecular complexity index is 293. The van der Waals surface area contributed by atoms with Crippen molar-refractivity contribution in [3.63, 3.8) is 0 Å². The van der Waals surface area contributed by atoms with Crippen LogP contribution in [0.5, 0.6) is 0 Å². The molecule has 18 heavy (non-hydrogen) atoms. The summed E-state index contributed by atoms with van der Waals surface area (Å²) in [5.74, 6) is 2.51. The zero-order valence-corrected chi connectivity index (χ0v) is 12.2. The number of nitrogens with zero attached hydrogens (tertiary/aromatic N) is 1. The number of thioether (sulfide) groups is 1. The second-order valence-corrected chi connectivity index (χ2v) is 7.50. The average Bonchev–Trinajstić information content (AvgIpc) is 2.36. The molecule has 1 unspecified atom stereocenters. The molecule has 0 aromatic carbocycles. The van der Waals surface area contributed by atoms with Gasteiger partial charge in [0.15, 0.2) is 0 Å². The van der Waals surface area contributed by atoms with Gasteiger partial charge in [0.2, 0.25) is 0 Å². The number of β-amino-alcohol motifs (C(OH)–C–C–N with tert-alkyl or cyclic N) is 1. The summed E-state index contributed by atoms with van der Waals surface area (Å²) in [5.41, 5.74) is -0.220.